The molecule has 0 aromatic carbocycles. The van der Waals surface area contributed by atoms with Crippen LogP contribution in [0.4, 0.5) is 0 Å². The molecule has 0 unspecified atom stereocenters. The lowest BCUT2D eigenvalue weighted by Gasteiger charge is -2.03. The Morgan fingerprint density at radius 2 is 1.91 bits per heavy atom. The summed E-state index contributed by atoms with van der Waals surface area (Å²) in [6.45, 7) is 3.44. The second-order valence-corrected chi connectivity index (χ2v) is 2.22. The van der Waals surface area contributed by atoms with Crippen molar-refractivity contribution >= 4 is 11.9 Å². The smallest absolute Gasteiger partial charge is 0.331 e. The molecule has 0 aromatic rings. The van der Waals surface area contributed by atoms with Gasteiger partial charge in [-0.05, 0) is 13.8 Å². The third-order valence-electron chi connectivity index (χ3n) is 0.736. The van der Waals surface area contributed by atoms with E-state index in [-0.39, 0.29) is 6.10 Å². The SMILES string of the molecule is CC(C)OC(=O)/C=C/C(N)=O. The first-order valence-electron chi connectivity index (χ1n) is 3.20. The third-order valence-corrected chi connectivity index (χ3v) is 0.736. The highest BCUT2D eigenvalue weighted by molar-refractivity contribution is 5.93. The van der Waals surface area contributed by atoms with Gasteiger partial charge in [-0.1, -0.05) is 0 Å². The highest BCUT2D eigenvalue weighted by Crippen LogP contribution is 1.89. The molecule has 4 nitrogen and oxygen atoms in total. The number of esters is 1. The van der Waals surface area contributed by atoms with Crippen molar-refractivity contribution in [3.05, 3.63) is 12.2 Å². The van der Waals surface area contributed by atoms with Crippen molar-refractivity contribution in [3.8, 4) is 0 Å². The molecule has 0 saturated carbocycles. The third kappa shape index (κ3) is 6.57. The molecule has 0 fully saturated rings. The van der Waals surface area contributed by atoms with Gasteiger partial charge in [-0.2, -0.15) is 0 Å². The first-order valence-corrected chi connectivity index (χ1v) is 3.20. The van der Waals surface area contributed by atoms with E-state index in [0.29, 0.717) is 0 Å². The first kappa shape index (κ1) is 9.68. The van der Waals surface area contributed by atoms with Crippen LogP contribution < -0.4 is 5.73 Å². The van der Waals surface area contributed by atoms with Crippen LogP contribution in [-0.2, 0) is 14.3 Å². The number of ether oxygens (including phenoxy) is 1. The summed E-state index contributed by atoms with van der Waals surface area (Å²) >= 11 is 0. The molecule has 0 rings (SSSR count). The Morgan fingerprint density at radius 1 is 1.36 bits per heavy atom. The van der Waals surface area contributed by atoms with E-state index in [1.807, 2.05) is 0 Å². The molecule has 4 heteroatoms. The van der Waals surface area contributed by atoms with Crippen LogP contribution in [0.25, 0.3) is 0 Å². The molecule has 0 aromatic heterocycles. The molecule has 11 heavy (non-hydrogen) atoms. The minimum atomic E-state index is -0.661. The summed E-state index contributed by atoms with van der Waals surface area (Å²) in [7, 11) is 0. The normalized spacial score (nSPS) is 10.5. The second kappa shape index (κ2) is 4.49. The predicted molar refractivity (Wildman–Crippen MR) is 39.6 cm³/mol. The highest BCUT2D eigenvalue weighted by Gasteiger charge is 1.99. The van der Waals surface area contributed by atoms with Crippen molar-refractivity contribution in [1.29, 1.82) is 0 Å². The second-order valence-electron chi connectivity index (χ2n) is 2.22. The van der Waals surface area contributed by atoms with Gasteiger partial charge in [-0.15, -0.1) is 0 Å². The van der Waals surface area contributed by atoms with Gasteiger partial charge in [-0.3, -0.25) is 4.79 Å². The number of carbonyl (C=O) groups is 2. The van der Waals surface area contributed by atoms with Crippen molar-refractivity contribution in [3.63, 3.8) is 0 Å². The summed E-state index contributed by atoms with van der Waals surface area (Å²) in [5.41, 5.74) is 4.74. The Morgan fingerprint density at radius 3 is 2.27 bits per heavy atom. The molecule has 0 aliphatic rings. The minimum Gasteiger partial charge on any atom is -0.460 e. The van der Waals surface area contributed by atoms with Gasteiger partial charge in [0.15, 0.2) is 0 Å². The fraction of sp³-hybridized carbons (Fsp3) is 0.429. The molecule has 1 amide bonds. The minimum absolute atomic E-state index is 0.181. The molecule has 0 atom stereocenters. The largest absolute Gasteiger partial charge is 0.460 e. The number of hydrogen-bond acceptors (Lipinski definition) is 3. The molecule has 0 spiro atoms. The average Bonchev–Trinajstić information content (AvgIpc) is 1.82. The van der Waals surface area contributed by atoms with E-state index in [0.717, 1.165) is 12.2 Å². The standard InChI is InChI=1S/C7H11NO3/c1-5(2)11-7(10)4-3-6(8)9/h3-5H,1-2H3,(H2,8,9)/b4-3+. The Hall–Kier alpha value is -1.32. The van der Waals surface area contributed by atoms with E-state index >= 15 is 0 Å². The van der Waals surface area contributed by atoms with Crippen LogP contribution in [0.15, 0.2) is 12.2 Å². The molecular formula is C7H11NO3. The quantitative estimate of drug-likeness (QED) is 0.462. The Kier molecular flexibility index (Phi) is 3.95. The van der Waals surface area contributed by atoms with E-state index in [1.54, 1.807) is 13.8 Å². The molecule has 0 saturated heterocycles. The van der Waals surface area contributed by atoms with Gasteiger partial charge in [0.05, 0.1) is 6.10 Å². The van der Waals surface area contributed by atoms with E-state index in [2.05, 4.69) is 4.74 Å². The Labute approximate surface area is 65.0 Å². The van der Waals surface area contributed by atoms with Crippen molar-refractivity contribution in [2.75, 3.05) is 0 Å². The monoisotopic (exact) mass is 157 g/mol. The molecule has 0 radical (unpaired) electrons. The zero-order chi connectivity index (χ0) is 8.85. The van der Waals surface area contributed by atoms with Crippen LogP contribution in [0.2, 0.25) is 0 Å². The lowest BCUT2D eigenvalue weighted by Crippen LogP contribution is -2.11. The predicted octanol–water partition coefficient (Wildman–Crippen LogP) is -0.0205. The van der Waals surface area contributed by atoms with Crippen LogP contribution in [0, 0.1) is 0 Å². The van der Waals surface area contributed by atoms with Crippen molar-refractivity contribution in [2.45, 2.75) is 20.0 Å². The van der Waals surface area contributed by atoms with Crippen molar-refractivity contribution in [2.24, 2.45) is 5.73 Å². The molecular weight excluding hydrogens is 146 g/mol. The highest BCUT2D eigenvalue weighted by atomic mass is 16.5. The maximum absolute atomic E-state index is 10.6. The summed E-state index contributed by atoms with van der Waals surface area (Å²) in [6, 6.07) is 0. The van der Waals surface area contributed by atoms with Crippen LogP contribution in [0.3, 0.4) is 0 Å². The zero-order valence-corrected chi connectivity index (χ0v) is 6.53. The van der Waals surface area contributed by atoms with Crippen LogP contribution in [0.1, 0.15) is 13.8 Å². The summed E-state index contributed by atoms with van der Waals surface area (Å²) < 4.78 is 4.67. The van der Waals surface area contributed by atoms with Crippen molar-refractivity contribution < 1.29 is 14.3 Å². The number of hydrogen-bond donors (Lipinski definition) is 1. The fourth-order valence-electron chi connectivity index (χ4n) is 0.422. The van der Waals surface area contributed by atoms with E-state index < -0.39 is 11.9 Å². The average molecular weight is 157 g/mol. The van der Waals surface area contributed by atoms with Gasteiger partial charge < -0.3 is 10.5 Å². The van der Waals surface area contributed by atoms with Crippen molar-refractivity contribution in [1.82, 2.24) is 0 Å². The fourth-order valence-corrected chi connectivity index (χ4v) is 0.422. The molecule has 2 N–H and O–H groups in total. The van der Waals surface area contributed by atoms with Gasteiger partial charge >= 0.3 is 5.97 Å². The van der Waals surface area contributed by atoms with E-state index in [1.165, 1.54) is 0 Å². The number of amides is 1. The van der Waals surface area contributed by atoms with E-state index in [9.17, 15) is 9.59 Å². The van der Waals surface area contributed by atoms with Crippen LogP contribution >= 0.6 is 0 Å². The number of carbonyl (C=O) groups excluding carboxylic acids is 2. The van der Waals surface area contributed by atoms with Crippen LogP contribution in [0.5, 0.6) is 0 Å². The lowest BCUT2D eigenvalue weighted by atomic mass is 10.4. The van der Waals surface area contributed by atoms with Gasteiger partial charge in [0, 0.05) is 12.2 Å². The van der Waals surface area contributed by atoms with Gasteiger partial charge in [0.1, 0.15) is 0 Å². The Balaban J connectivity index is 3.78. The topological polar surface area (TPSA) is 69.4 Å². The molecule has 0 heterocycles. The number of nitrogens with two attached hydrogens (primary N) is 1. The number of primary amides is 1. The van der Waals surface area contributed by atoms with E-state index in [4.69, 9.17) is 5.73 Å². The zero-order valence-electron chi connectivity index (χ0n) is 6.53. The van der Waals surface area contributed by atoms with Crippen LogP contribution in [-0.4, -0.2) is 18.0 Å². The van der Waals surface area contributed by atoms with Gasteiger partial charge in [0.25, 0.3) is 0 Å². The first-order chi connectivity index (χ1) is 5.02. The molecule has 0 aliphatic heterocycles. The Bertz CT molecular complexity index is 184. The maximum Gasteiger partial charge on any atom is 0.331 e. The molecule has 0 bridgehead atoms. The summed E-state index contributed by atoms with van der Waals surface area (Å²) in [6.07, 6.45) is 1.78. The summed E-state index contributed by atoms with van der Waals surface area (Å²) in [4.78, 5) is 20.8. The van der Waals surface area contributed by atoms with Gasteiger partial charge in [-0.25, -0.2) is 4.79 Å². The van der Waals surface area contributed by atoms with Gasteiger partial charge in [0.2, 0.25) is 5.91 Å². The summed E-state index contributed by atoms with van der Waals surface area (Å²) in [5.74, 6) is -1.22. The lowest BCUT2D eigenvalue weighted by molar-refractivity contribution is -0.141. The molecule has 0 aliphatic carbocycles. The molecule has 62 valence electrons. The maximum atomic E-state index is 10.6. The number of rotatable bonds is 3. The summed E-state index contributed by atoms with van der Waals surface area (Å²) in [5, 5.41) is 0.